The quantitative estimate of drug-likeness (QED) is 0.353. The molecule has 0 aliphatic heterocycles. The number of nitrogens with zero attached hydrogens (tertiary/aromatic N) is 3. The molecule has 0 aliphatic carbocycles. The Morgan fingerprint density at radius 2 is 2.00 bits per heavy atom. The number of hydrogen-bond donors (Lipinski definition) is 1. The molecule has 0 fully saturated rings. The Labute approximate surface area is 165 Å². The summed E-state index contributed by atoms with van der Waals surface area (Å²) in [7, 11) is 0. The summed E-state index contributed by atoms with van der Waals surface area (Å²) in [4.78, 5) is 9.90. The minimum Gasteiger partial charge on any atom is -0.506 e. The molecule has 7 heteroatoms. The zero-order chi connectivity index (χ0) is 17.6. The van der Waals surface area contributed by atoms with Crippen LogP contribution in [0.1, 0.15) is 11.8 Å². The van der Waals surface area contributed by atoms with Crippen LogP contribution in [0.2, 0.25) is 0 Å². The smallest absolute Gasteiger partial charge is 0.230 e. The minimum absolute atomic E-state index is 0.272. The van der Waals surface area contributed by atoms with Crippen molar-refractivity contribution in [1.29, 1.82) is 0 Å². The first-order chi connectivity index (χ1) is 12.1. The third-order valence-electron chi connectivity index (χ3n) is 3.98. The van der Waals surface area contributed by atoms with Crippen LogP contribution in [-0.4, -0.2) is 20.9 Å². The van der Waals surface area contributed by atoms with Crippen molar-refractivity contribution in [2.75, 3.05) is 0 Å². The molecule has 0 radical (unpaired) electrons. The lowest BCUT2D eigenvalue weighted by molar-refractivity contribution is 0.483. The highest BCUT2D eigenvalue weighted by atomic mass is 79.9. The van der Waals surface area contributed by atoms with Gasteiger partial charge < -0.3 is 9.67 Å². The van der Waals surface area contributed by atoms with Crippen molar-refractivity contribution in [3.8, 4) is 5.75 Å². The molecule has 4 nitrogen and oxygen atoms in total. The van der Waals surface area contributed by atoms with E-state index in [1.807, 2.05) is 41.0 Å². The zero-order valence-electron chi connectivity index (χ0n) is 13.2. The van der Waals surface area contributed by atoms with Gasteiger partial charge in [-0.3, -0.25) is 0 Å². The van der Waals surface area contributed by atoms with E-state index in [2.05, 4.69) is 48.8 Å². The minimum atomic E-state index is 0.272. The molecule has 0 atom stereocenters. The molecule has 2 heterocycles. The van der Waals surface area contributed by atoms with E-state index < -0.39 is 0 Å². The number of aliphatic imine (C=N–C) groups is 1. The number of benzene rings is 2. The van der Waals surface area contributed by atoms with E-state index >= 15 is 0 Å². The maximum absolute atomic E-state index is 10.4. The number of imidazole rings is 1. The summed E-state index contributed by atoms with van der Waals surface area (Å²) in [5.41, 5.74) is 1.90. The maximum atomic E-state index is 10.4. The van der Waals surface area contributed by atoms with Gasteiger partial charge in [-0.2, -0.15) is 0 Å². The van der Waals surface area contributed by atoms with Crippen molar-refractivity contribution in [2.24, 2.45) is 4.99 Å². The molecule has 0 saturated heterocycles. The number of aromatic nitrogens is 2. The van der Waals surface area contributed by atoms with Gasteiger partial charge >= 0.3 is 0 Å². The van der Waals surface area contributed by atoms with Gasteiger partial charge in [0.15, 0.2) is 0 Å². The van der Waals surface area contributed by atoms with Crippen molar-refractivity contribution in [3.05, 3.63) is 50.2 Å². The molecule has 4 rings (SSSR count). The van der Waals surface area contributed by atoms with Crippen LogP contribution in [0.4, 0.5) is 5.95 Å². The van der Waals surface area contributed by atoms with Crippen LogP contribution in [0.3, 0.4) is 0 Å². The fourth-order valence-corrected chi connectivity index (χ4v) is 4.41. The molecule has 2 aromatic heterocycles. The molecule has 126 valence electrons. The van der Waals surface area contributed by atoms with Crippen molar-refractivity contribution < 1.29 is 5.11 Å². The number of halogens is 2. The normalized spacial score (nSPS) is 12.0. The van der Waals surface area contributed by atoms with Gasteiger partial charge in [-0.05, 0) is 63.0 Å². The average Bonchev–Trinajstić information content (AvgIpc) is 3.11. The molecule has 2 aromatic carbocycles. The first kappa shape index (κ1) is 16.8. The molecular formula is C18H13Br2N3OS. The number of rotatable bonds is 3. The Hall–Kier alpha value is -1.70. The lowest BCUT2D eigenvalue weighted by atomic mass is 10.2. The van der Waals surface area contributed by atoms with Gasteiger partial charge in [0.05, 0.1) is 22.1 Å². The van der Waals surface area contributed by atoms with Crippen LogP contribution < -0.4 is 0 Å². The number of aryl methyl sites for hydroxylation is 1. The number of hydrogen-bond acceptors (Lipinski definition) is 4. The summed E-state index contributed by atoms with van der Waals surface area (Å²) in [6.07, 6.45) is 1.69. The summed E-state index contributed by atoms with van der Waals surface area (Å²) in [6.45, 7) is 2.82. The fourth-order valence-electron chi connectivity index (χ4n) is 2.77. The third-order valence-corrected chi connectivity index (χ3v) is 6.92. The second-order valence-corrected chi connectivity index (χ2v) is 8.27. The van der Waals surface area contributed by atoms with Crippen LogP contribution in [0.5, 0.6) is 5.75 Å². The average molecular weight is 479 g/mol. The predicted molar refractivity (Wildman–Crippen MR) is 112 cm³/mol. The molecule has 0 saturated carbocycles. The third kappa shape index (κ3) is 2.90. The van der Waals surface area contributed by atoms with E-state index in [1.54, 1.807) is 6.21 Å². The number of thiophene rings is 1. The summed E-state index contributed by atoms with van der Waals surface area (Å²) >= 11 is 8.56. The van der Waals surface area contributed by atoms with Gasteiger partial charge in [0.1, 0.15) is 5.75 Å². The number of aromatic hydroxyl groups is 1. The van der Waals surface area contributed by atoms with Crippen molar-refractivity contribution in [2.45, 2.75) is 13.5 Å². The standard InChI is InChI=1S/C18H13Br2N3OS/c1-2-23-14-8-12(20)11(19)7-13(14)22-18(23)21-9-16-17(24)10-5-3-4-6-15(10)25-16/h3-9,24H,2H2,1H3/b21-9+. The largest absolute Gasteiger partial charge is 0.506 e. The highest BCUT2D eigenvalue weighted by Crippen LogP contribution is 2.36. The highest BCUT2D eigenvalue weighted by Gasteiger charge is 2.12. The summed E-state index contributed by atoms with van der Waals surface area (Å²) in [5.74, 6) is 0.897. The fraction of sp³-hybridized carbons (Fsp3) is 0.111. The van der Waals surface area contributed by atoms with E-state index in [-0.39, 0.29) is 5.75 Å². The molecule has 0 bridgehead atoms. The Bertz CT molecular complexity index is 1130. The van der Waals surface area contributed by atoms with Gasteiger partial charge in [-0.15, -0.1) is 11.3 Å². The lowest BCUT2D eigenvalue weighted by Crippen LogP contribution is -1.93. The predicted octanol–water partition coefficient (Wildman–Crippen LogP) is 6.25. The topological polar surface area (TPSA) is 50.4 Å². The summed E-state index contributed by atoms with van der Waals surface area (Å²) in [5, 5.41) is 11.2. The van der Waals surface area contributed by atoms with Gasteiger partial charge in [0.25, 0.3) is 0 Å². The highest BCUT2D eigenvalue weighted by molar-refractivity contribution is 9.13. The van der Waals surface area contributed by atoms with Crippen LogP contribution in [0.25, 0.3) is 21.1 Å². The Balaban J connectivity index is 1.81. The van der Waals surface area contributed by atoms with Gasteiger partial charge in [0.2, 0.25) is 5.95 Å². The van der Waals surface area contributed by atoms with E-state index in [0.717, 1.165) is 41.5 Å². The van der Waals surface area contributed by atoms with Crippen molar-refractivity contribution >= 4 is 76.5 Å². The Morgan fingerprint density at radius 1 is 1.24 bits per heavy atom. The van der Waals surface area contributed by atoms with Crippen molar-refractivity contribution in [1.82, 2.24) is 9.55 Å². The first-order valence-corrected chi connectivity index (χ1v) is 10.1. The molecule has 25 heavy (non-hydrogen) atoms. The monoisotopic (exact) mass is 477 g/mol. The maximum Gasteiger partial charge on any atom is 0.230 e. The molecule has 1 N–H and O–H groups in total. The van der Waals surface area contributed by atoms with Crippen molar-refractivity contribution in [3.63, 3.8) is 0 Å². The molecule has 4 aromatic rings. The molecule has 0 unspecified atom stereocenters. The summed E-state index contributed by atoms with van der Waals surface area (Å²) in [6, 6.07) is 11.8. The van der Waals surface area contributed by atoms with Crippen LogP contribution in [0.15, 0.2) is 50.3 Å². The van der Waals surface area contributed by atoms with Crippen LogP contribution >= 0.6 is 43.2 Å². The Kier molecular flexibility index (Phi) is 4.39. The molecule has 0 spiro atoms. The first-order valence-electron chi connectivity index (χ1n) is 7.68. The van der Waals surface area contributed by atoms with Crippen LogP contribution in [0, 0.1) is 0 Å². The Morgan fingerprint density at radius 3 is 2.76 bits per heavy atom. The van der Waals surface area contributed by atoms with E-state index in [0.29, 0.717) is 5.95 Å². The van der Waals surface area contributed by atoms with Gasteiger partial charge in [0, 0.05) is 25.6 Å². The second kappa shape index (κ2) is 6.55. The zero-order valence-corrected chi connectivity index (χ0v) is 17.2. The SMILES string of the molecule is CCn1c(/N=C/c2sc3ccccc3c2O)nc2cc(Br)c(Br)cc21. The van der Waals surface area contributed by atoms with E-state index in [1.165, 1.54) is 11.3 Å². The summed E-state index contributed by atoms with van der Waals surface area (Å²) < 4.78 is 5.02. The lowest BCUT2D eigenvalue weighted by Gasteiger charge is -2.02. The molecule has 0 aliphatic rings. The van der Waals surface area contributed by atoms with Gasteiger partial charge in [-0.25, -0.2) is 9.98 Å². The van der Waals surface area contributed by atoms with Crippen LogP contribution in [-0.2, 0) is 6.54 Å². The van der Waals surface area contributed by atoms with E-state index in [4.69, 9.17) is 0 Å². The second-order valence-electron chi connectivity index (χ2n) is 5.48. The number of fused-ring (bicyclic) bond motifs is 2. The van der Waals surface area contributed by atoms with E-state index in [9.17, 15) is 5.11 Å². The molecular weight excluding hydrogens is 466 g/mol. The van der Waals surface area contributed by atoms with Gasteiger partial charge in [-0.1, -0.05) is 12.1 Å². The molecule has 0 amide bonds.